The lowest BCUT2D eigenvalue weighted by atomic mass is 9.97. The van der Waals surface area contributed by atoms with Gasteiger partial charge >= 0.3 is 0 Å². The van der Waals surface area contributed by atoms with Gasteiger partial charge in [-0.2, -0.15) is 0 Å². The van der Waals surface area contributed by atoms with E-state index in [0.29, 0.717) is 13.1 Å². The fourth-order valence-corrected chi connectivity index (χ4v) is 3.38. The van der Waals surface area contributed by atoms with E-state index in [4.69, 9.17) is 0 Å². The molecule has 2 aromatic rings. The van der Waals surface area contributed by atoms with E-state index in [9.17, 15) is 9.59 Å². The van der Waals surface area contributed by atoms with E-state index in [2.05, 4.69) is 26.6 Å². The van der Waals surface area contributed by atoms with E-state index in [0.717, 1.165) is 35.2 Å². The van der Waals surface area contributed by atoms with Gasteiger partial charge in [0, 0.05) is 22.4 Å². The number of nitrogens with one attached hydrogen (secondary N) is 2. The monoisotopic (exact) mass is 415 g/mol. The lowest BCUT2D eigenvalue weighted by Crippen LogP contribution is -2.43. The molecule has 5 nitrogen and oxygen atoms in total. The van der Waals surface area contributed by atoms with E-state index in [1.807, 2.05) is 59.5 Å². The van der Waals surface area contributed by atoms with Crippen molar-refractivity contribution in [1.29, 1.82) is 0 Å². The molecule has 1 heterocycles. The quantitative estimate of drug-likeness (QED) is 0.781. The van der Waals surface area contributed by atoms with Crippen LogP contribution in [0.2, 0.25) is 0 Å². The van der Waals surface area contributed by atoms with E-state index < -0.39 is 0 Å². The number of halogens is 1. The molecule has 0 unspecified atom stereocenters. The van der Waals surface area contributed by atoms with E-state index >= 15 is 0 Å². The average Bonchev–Trinajstić information content (AvgIpc) is 2.64. The number of likely N-dealkylation sites (tertiary alicyclic amines) is 1. The molecule has 1 aliphatic rings. The molecule has 1 fully saturated rings. The number of hydrogen-bond acceptors (Lipinski definition) is 3. The molecule has 0 aliphatic carbocycles. The smallest absolute Gasteiger partial charge is 0.238 e. The highest BCUT2D eigenvalue weighted by Crippen LogP contribution is 2.19. The molecular weight excluding hydrogens is 394 g/mol. The number of amides is 2. The second-order valence-corrected chi connectivity index (χ2v) is 7.40. The maximum atomic E-state index is 12.5. The van der Waals surface area contributed by atoms with E-state index in [1.165, 1.54) is 0 Å². The molecule has 6 heteroatoms. The van der Waals surface area contributed by atoms with Crippen LogP contribution in [0, 0.1) is 5.92 Å². The zero-order valence-corrected chi connectivity index (χ0v) is 16.0. The Kier molecular flexibility index (Phi) is 6.41. The largest absolute Gasteiger partial charge is 0.326 e. The molecule has 26 heavy (non-hydrogen) atoms. The molecule has 3 rings (SSSR count). The number of para-hydroxylation sites is 1. The van der Waals surface area contributed by atoms with Gasteiger partial charge in [-0.15, -0.1) is 0 Å². The fraction of sp³-hybridized carbons (Fsp3) is 0.300. The third-order valence-electron chi connectivity index (χ3n) is 4.41. The summed E-state index contributed by atoms with van der Waals surface area (Å²) < 4.78 is 0.971. The van der Waals surface area contributed by atoms with Crippen LogP contribution in [-0.2, 0) is 9.59 Å². The molecule has 0 aromatic heterocycles. The first kappa shape index (κ1) is 18.6. The SMILES string of the molecule is O=C(CN1CCC[C@@H](C(=O)Nc2ccccc2)C1)Nc1ccc(Br)cc1. The number of carbonyl (C=O) groups is 2. The zero-order chi connectivity index (χ0) is 18.4. The Morgan fingerprint density at radius 1 is 1.00 bits per heavy atom. The second-order valence-electron chi connectivity index (χ2n) is 6.48. The van der Waals surface area contributed by atoms with Gasteiger partial charge in [0.15, 0.2) is 0 Å². The Morgan fingerprint density at radius 3 is 2.42 bits per heavy atom. The summed E-state index contributed by atoms with van der Waals surface area (Å²) in [7, 11) is 0. The molecular formula is C20H22BrN3O2. The predicted molar refractivity (Wildman–Crippen MR) is 107 cm³/mol. The molecule has 1 atom stereocenters. The van der Waals surface area contributed by atoms with E-state index in [1.54, 1.807) is 0 Å². The standard InChI is InChI=1S/C20H22BrN3O2/c21-16-8-10-18(11-9-16)22-19(25)14-24-12-4-5-15(13-24)20(26)23-17-6-2-1-3-7-17/h1-3,6-11,15H,4-5,12-14H2,(H,22,25)(H,23,26)/t15-/m1/s1. The molecule has 136 valence electrons. The van der Waals surface area contributed by atoms with Crippen molar-refractivity contribution in [2.24, 2.45) is 5.92 Å². The number of anilines is 2. The second kappa shape index (κ2) is 8.96. The number of nitrogens with zero attached hydrogens (tertiary/aromatic N) is 1. The van der Waals surface area contributed by atoms with Crippen LogP contribution in [0.4, 0.5) is 11.4 Å². The van der Waals surface area contributed by atoms with Crippen molar-refractivity contribution in [2.45, 2.75) is 12.8 Å². The Morgan fingerprint density at radius 2 is 1.69 bits per heavy atom. The van der Waals surface area contributed by atoms with Crippen molar-refractivity contribution in [1.82, 2.24) is 4.90 Å². The summed E-state index contributed by atoms with van der Waals surface area (Å²) in [5.74, 6) is -0.130. The van der Waals surface area contributed by atoms with Gasteiger partial charge in [-0.3, -0.25) is 14.5 Å². The van der Waals surface area contributed by atoms with Crippen molar-refractivity contribution in [2.75, 3.05) is 30.3 Å². The summed E-state index contributed by atoms with van der Waals surface area (Å²) in [6, 6.07) is 17.0. The van der Waals surface area contributed by atoms with Crippen LogP contribution in [0.25, 0.3) is 0 Å². The number of carbonyl (C=O) groups excluding carboxylic acids is 2. The molecule has 0 radical (unpaired) electrons. The van der Waals surface area contributed by atoms with Gasteiger partial charge < -0.3 is 10.6 Å². The molecule has 1 saturated heterocycles. The lowest BCUT2D eigenvalue weighted by Gasteiger charge is -2.31. The first-order valence-electron chi connectivity index (χ1n) is 8.74. The summed E-state index contributed by atoms with van der Waals surface area (Å²) in [6.45, 7) is 1.74. The van der Waals surface area contributed by atoms with Crippen LogP contribution in [-0.4, -0.2) is 36.3 Å². The normalized spacial score (nSPS) is 17.5. The van der Waals surface area contributed by atoms with Crippen molar-refractivity contribution >= 4 is 39.1 Å². The number of piperidine rings is 1. The van der Waals surface area contributed by atoms with Gasteiger partial charge in [0.2, 0.25) is 11.8 Å². The van der Waals surface area contributed by atoms with Crippen LogP contribution in [0.5, 0.6) is 0 Å². The van der Waals surface area contributed by atoms with E-state index in [-0.39, 0.29) is 17.7 Å². The van der Waals surface area contributed by atoms with Crippen LogP contribution in [0.15, 0.2) is 59.1 Å². The lowest BCUT2D eigenvalue weighted by molar-refractivity contribution is -0.123. The minimum atomic E-state index is -0.0931. The third-order valence-corrected chi connectivity index (χ3v) is 4.94. The van der Waals surface area contributed by atoms with Crippen molar-refractivity contribution in [3.63, 3.8) is 0 Å². The van der Waals surface area contributed by atoms with Crippen LogP contribution in [0.1, 0.15) is 12.8 Å². The van der Waals surface area contributed by atoms with Gasteiger partial charge in [-0.25, -0.2) is 0 Å². The Balaban J connectivity index is 1.50. The zero-order valence-electron chi connectivity index (χ0n) is 14.5. The Labute approximate surface area is 161 Å². The van der Waals surface area contributed by atoms with Gasteiger partial charge in [0.05, 0.1) is 12.5 Å². The van der Waals surface area contributed by atoms with Gasteiger partial charge in [0.1, 0.15) is 0 Å². The summed E-state index contributed by atoms with van der Waals surface area (Å²) >= 11 is 3.38. The maximum Gasteiger partial charge on any atom is 0.238 e. The fourth-order valence-electron chi connectivity index (χ4n) is 3.12. The topological polar surface area (TPSA) is 61.4 Å². The molecule has 0 saturated carbocycles. The van der Waals surface area contributed by atoms with Gasteiger partial charge in [0.25, 0.3) is 0 Å². The van der Waals surface area contributed by atoms with Crippen molar-refractivity contribution in [3.8, 4) is 0 Å². The molecule has 1 aliphatic heterocycles. The first-order chi connectivity index (χ1) is 12.6. The van der Waals surface area contributed by atoms with Gasteiger partial charge in [-0.1, -0.05) is 34.1 Å². The van der Waals surface area contributed by atoms with Gasteiger partial charge in [-0.05, 0) is 55.8 Å². The van der Waals surface area contributed by atoms with Crippen molar-refractivity contribution < 1.29 is 9.59 Å². The number of hydrogen-bond donors (Lipinski definition) is 2. The van der Waals surface area contributed by atoms with Crippen molar-refractivity contribution in [3.05, 3.63) is 59.1 Å². The summed E-state index contributed by atoms with van der Waals surface area (Å²) in [5, 5.41) is 5.86. The highest BCUT2D eigenvalue weighted by molar-refractivity contribution is 9.10. The highest BCUT2D eigenvalue weighted by Gasteiger charge is 2.26. The molecule has 2 N–H and O–H groups in total. The third kappa shape index (κ3) is 5.41. The van der Waals surface area contributed by atoms with Crippen LogP contribution < -0.4 is 10.6 Å². The maximum absolute atomic E-state index is 12.5. The van der Waals surface area contributed by atoms with Crippen LogP contribution >= 0.6 is 15.9 Å². The highest BCUT2D eigenvalue weighted by atomic mass is 79.9. The minimum absolute atomic E-state index is 0.0224. The summed E-state index contributed by atoms with van der Waals surface area (Å²) in [5.41, 5.74) is 1.58. The summed E-state index contributed by atoms with van der Waals surface area (Å²) in [6.07, 6.45) is 1.77. The first-order valence-corrected chi connectivity index (χ1v) is 9.53. The molecule has 0 spiro atoms. The molecule has 0 bridgehead atoms. The van der Waals surface area contributed by atoms with Crippen LogP contribution in [0.3, 0.4) is 0 Å². The Bertz CT molecular complexity index is 749. The minimum Gasteiger partial charge on any atom is -0.326 e. The Hall–Kier alpha value is -2.18. The number of benzene rings is 2. The predicted octanol–water partition coefficient (Wildman–Crippen LogP) is 3.74. The average molecular weight is 416 g/mol. The number of rotatable bonds is 5. The molecule has 2 aromatic carbocycles. The summed E-state index contributed by atoms with van der Waals surface area (Å²) in [4.78, 5) is 26.8. The molecule has 2 amide bonds.